The van der Waals surface area contributed by atoms with Crippen LogP contribution in [0.4, 0.5) is 0 Å². The van der Waals surface area contributed by atoms with Crippen LogP contribution in [0.1, 0.15) is 19.8 Å². The maximum absolute atomic E-state index is 11.5. The summed E-state index contributed by atoms with van der Waals surface area (Å²) in [6.07, 6.45) is 2.33. The van der Waals surface area contributed by atoms with E-state index in [4.69, 9.17) is 9.47 Å². The molecule has 0 aliphatic carbocycles. The molecule has 2 aliphatic rings. The van der Waals surface area contributed by atoms with Gasteiger partial charge in [-0.15, -0.1) is 0 Å². The first-order chi connectivity index (χ1) is 7.29. The zero-order chi connectivity index (χ0) is 10.7. The number of carbonyl (C=O) groups excluding carboxylic acids is 1. The summed E-state index contributed by atoms with van der Waals surface area (Å²) in [4.78, 5) is 13.9. The van der Waals surface area contributed by atoms with Gasteiger partial charge in [0.1, 0.15) is 0 Å². The Morgan fingerprint density at radius 3 is 2.67 bits per heavy atom. The lowest BCUT2D eigenvalue weighted by atomic mass is 9.97. The fourth-order valence-electron chi connectivity index (χ4n) is 2.07. The molecule has 4 heteroatoms. The summed E-state index contributed by atoms with van der Waals surface area (Å²) < 4.78 is 10.2. The molecule has 2 saturated heterocycles. The number of likely N-dealkylation sites (tertiary alicyclic amines) is 1. The highest BCUT2D eigenvalue weighted by molar-refractivity contribution is 5.72. The van der Waals surface area contributed by atoms with Crippen molar-refractivity contribution in [2.75, 3.05) is 32.8 Å². The fraction of sp³-hybridized carbons (Fsp3) is 0.909. The third-order valence-corrected chi connectivity index (χ3v) is 3.07. The maximum atomic E-state index is 11.5. The first-order valence-electron chi connectivity index (χ1n) is 5.80. The molecular weight excluding hydrogens is 194 g/mol. The van der Waals surface area contributed by atoms with Crippen LogP contribution in [0.3, 0.4) is 0 Å². The topological polar surface area (TPSA) is 42.1 Å². The fourth-order valence-corrected chi connectivity index (χ4v) is 2.07. The molecule has 0 N–H and O–H groups in total. The second kappa shape index (κ2) is 4.94. The number of ether oxygens (including phenoxy) is 2. The molecule has 2 aliphatic heterocycles. The summed E-state index contributed by atoms with van der Waals surface area (Å²) in [5.74, 6) is 0.112. The Morgan fingerprint density at radius 2 is 2.13 bits per heavy atom. The van der Waals surface area contributed by atoms with Gasteiger partial charge in [0.2, 0.25) is 0 Å². The Bertz CT molecular complexity index is 220. The number of hydrogen-bond donors (Lipinski definition) is 0. The largest absolute Gasteiger partial charge is 0.466 e. The predicted octanol–water partition coefficient (Wildman–Crippen LogP) is 0.660. The molecule has 0 spiro atoms. The molecule has 0 aromatic heterocycles. The molecule has 0 unspecified atom stereocenters. The lowest BCUT2D eigenvalue weighted by Crippen LogP contribution is -2.38. The van der Waals surface area contributed by atoms with E-state index in [-0.39, 0.29) is 11.9 Å². The molecule has 0 aromatic carbocycles. The third-order valence-electron chi connectivity index (χ3n) is 3.07. The van der Waals surface area contributed by atoms with Crippen LogP contribution in [0.2, 0.25) is 0 Å². The van der Waals surface area contributed by atoms with Crippen molar-refractivity contribution in [1.82, 2.24) is 4.90 Å². The van der Waals surface area contributed by atoms with Crippen LogP contribution < -0.4 is 0 Å². The molecule has 4 nitrogen and oxygen atoms in total. The number of hydrogen-bond acceptors (Lipinski definition) is 4. The van der Waals surface area contributed by atoms with E-state index < -0.39 is 0 Å². The van der Waals surface area contributed by atoms with E-state index in [1.807, 2.05) is 6.92 Å². The van der Waals surface area contributed by atoms with Gasteiger partial charge < -0.3 is 14.4 Å². The molecule has 0 amide bonds. The van der Waals surface area contributed by atoms with Gasteiger partial charge in [0.25, 0.3) is 0 Å². The lowest BCUT2D eigenvalue weighted by molar-refractivity contribution is -0.149. The van der Waals surface area contributed by atoms with E-state index in [1.165, 1.54) is 0 Å². The highest BCUT2D eigenvalue weighted by Gasteiger charge is 2.30. The minimum absolute atomic E-state index is 0.0141. The quantitative estimate of drug-likeness (QED) is 0.508. The van der Waals surface area contributed by atoms with E-state index in [2.05, 4.69) is 4.90 Å². The molecule has 2 heterocycles. The molecular formula is C11H19NO3. The minimum Gasteiger partial charge on any atom is -0.466 e. The van der Waals surface area contributed by atoms with Crippen LogP contribution in [-0.4, -0.2) is 49.8 Å². The number of nitrogens with zero attached hydrogens (tertiary/aromatic N) is 1. The lowest BCUT2D eigenvalue weighted by Gasteiger charge is -2.30. The van der Waals surface area contributed by atoms with Gasteiger partial charge in [-0.25, -0.2) is 0 Å². The van der Waals surface area contributed by atoms with Gasteiger partial charge in [0.05, 0.1) is 25.2 Å². The van der Waals surface area contributed by atoms with Crippen molar-refractivity contribution >= 4 is 5.97 Å². The van der Waals surface area contributed by atoms with Gasteiger partial charge in [0.15, 0.2) is 0 Å². The zero-order valence-electron chi connectivity index (χ0n) is 9.28. The molecule has 0 radical (unpaired) electrons. The molecule has 0 aromatic rings. The first kappa shape index (κ1) is 10.9. The molecule has 2 fully saturated rings. The van der Waals surface area contributed by atoms with Crippen LogP contribution in [0.15, 0.2) is 0 Å². The molecule has 0 saturated carbocycles. The minimum atomic E-state index is -0.0141. The number of piperidine rings is 1. The van der Waals surface area contributed by atoms with Crippen molar-refractivity contribution in [3.8, 4) is 0 Å². The molecule has 1 atom stereocenters. The molecule has 86 valence electrons. The molecule has 15 heavy (non-hydrogen) atoms. The zero-order valence-corrected chi connectivity index (χ0v) is 9.28. The van der Waals surface area contributed by atoms with Crippen molar-refractivity contribution in [2.45, 2.75) is 25.9 Å². The maximum Gasteiger partial charge on any atom is 0.309 e. The Morgan fingerprint density at radius 1 is 1.47 bits per heavy atom. The van der Waals surface area contributed by atoms with Crippen LogP contribution >= 0.6 is 0 Å². The van der Waals surface area contributed by atoms with Crippen molar-refractivity contribution in [2.24, 2.45) is 5.92 Å². The van der Waals surface area contributed by atoms with Crippen LogP contribution in [0, 0.1) is 5.92 Å². The van der Waals surface area contributed by atoms with Gasteiger partial charge in [-0.3, -0.25) is 4.79 Å². The summed E-state index contributed by atoms with van der Waals surface area (Å²) in [7, 11) is 0. The Labute approximate surface area is 90.5 Å². The Balaban J connectivity index is 1.68. The number of carbonyl (C=O) groups is 1. The number of rotatable bonds is 4. The monoisotopic (exact) mass is 213 g/mol. The summed E-state index contributed by atoms with van der Waals surface area (Å²) in [5.41, 5.74) is 0. The van der Waals surface area contributed by atoms with E-state index in [1.54, 1.807) is 0 Å². The average molecular weight is 213 g/mol. The van der Waals surface area contributed by atoms with Gasteiger partial charge in [-0.05, 0) is 32.9 Å². The van der Waals surface area contributed by atoms with Crippen molar-refractivity contribution in [1.29, 1.82) is 0 Å². The normalized spacial score (nSPS) is 27.7. The highest BCUT2D eigenvalue weighted by atomic mass is 16.6. The van der Waals surface area contributed by atoms with E-state index >= 15 is 0 Å². The summed E-state index contributed by atoms with van der Waals surface area (Å²) >= 11 is 0. The highest BCUT2D eigenvalue weighted by Crippen LogP contribution is 2.20. The standard InChI is InChI=1S/C11H19NO3/c1-2-14-11(13)9-3-5-12(6-4-9)7-10-8-15-10/h9-10H,2-8H2,1H3/t10-/m1/s1. The van der Waals surface area contributed by atoms with Crippen LogP contribution in [0.25, 0.3) is 0 Å². The predicted molar refractivity (Wildman–Crippen MR) is 55.5 cm³/mol. The smallest absolute Gasteiger partial charge is 0.309 e. The SMILES string of the molecule is CCOC(=O)C1CCN(C[C@@H]2CO2)CC1. The third kappa shape index (κ3) is 3.18. The van der Waals surface area contributed by atoms with Crippen LogP contribution in [0.5, 0.6) is 0 Å². The second-order valence-electron chi connectivity index (χ2n) is 4.28. The summed E-state index contributed by atoms with van der Waals surface area (Å²) in [6, 6.07) is 0. The number of esters is 1. The van der Waals surface area contributed by atoms with E-state index in [0.29, 0.717) is 12.7 Å². The van der Waals surface area contributed by atoms with E-state index in [9.17, 15) is 4.79 Å². The van der Waals surface area contributed by atoms with Gasteiger partial charge in [-0.2, -0.15) is 0 Å². The summed E-state index contributed by atoms with van der Waals surface area (Å²) in [6.45, 7) is 6.31. The molecule has 2 rings (SSSR count). The van der Waals surface area contributed by atoms with E-state index in [0.717, 1.165) is 39.1 Å². The van der Waals surface area contributed by atoms with Crippen molar-refractivity contribution in [3.63, 3.8) is 0 Å². The summed E-state index contributed by atoms with van der Waals surface area (Å²) in [5, 5.41) is 0. The molecule has 0 bridgehead atoms. The van der Waals surface area contributed by atoms with Gasteiger partial charge in [-0.1, -0.05) is 0 Å². The van der Waals surface area contributed by atoms with Gasteiger partial charge >= 0.3 is 5.97 Å². The Kier molecular flexibility index (Phi) is 3.59. The van der Waals surface area contributed by atoms with Crippen molar-refractivity contribution < 1.29 is 14.3 Å². The Hall–Kier alpha value is -0.610. The average Bonchev–Trinajstić information content (AvgIpc) is 3.03. The first-order valence-corrected chi connectivity index (χ1v) is 5.80. The van der Waals surface area contributed by atoms with Gasteiger partial charge in [0, 0.05) is 6.54 Å². The number of epoxide rings is 1. The second-order valence-corrected chi connectivity index (χ2v) is 4.28. The van der Waals surface area contributed by atoms with Crippen molar-refractivity contribution in [3.05, 3.63) is 0 Å². The van der Waals surface area contributed by atoms with Crippen LogP contribution in [-0.2, 0) is 14.3 Å².